The van der Waals surface area contributed by atoms with Gasteiger partial charge in [-0.05, 0) is 31.2 Å². The van der Waals surface area contributed by atoms with Crippen molar-refractivity contribution in [2.75, 3.05) is 6.61 Å². The average molecular weight is 337 g/mol. The zero-order chi connectivity index (χ0) is 16.7. The molecule has 23 heavy (non-hydrogen) atoms. The van der Waals surface area contributed by atoms with E-state index in [1.165, 1.54) is 0 Å². The van der Waals surface area contributed by atoms with E-state index in [9.17, 15) is 9.90 Å². The van der Waals surface area contributed by atoms with Gasteiger partial charge in [0.1, 0.15) is 11.3 Å². The van der Waals surface area contributed by atoms with E-state index in [2.05, 4.69) is 10.5 Å². The molecule has 122 valence electrons. The summed E-state index contributed by atoms with van der Waals surface area (Å²) in [4.78, 5) is 20.7. The van der Waals surface area contributed by atoms with Gasteiger partial charge in [0.2, 0.25) is 0 Å². The van der Waals surface area contributed by atoms with Crippen LogP contribution in [0, 0.1) is 0 Å². The molecule has 0 aliphatic rings. The van der Waals surface area contributed by atoms with Crippen LogP contribution in [0.4, 0.5) is 0 Å². The van der Waals surface area contributed by atoms with Crippen LogP contribution in [0.15, 0.2) is 42.7 Å². The highest BCUT2D eigenvalue weighted by Gasteiger charge is 2.21. The van der Waals surface area contributed by atoms with Crippen molar-refractivity contribution in [1.29, 1.82) is 0 Å². The number of carboxylic acids is 1. The SMILES string of the molecule is CC=CNOCCC(Oc1ccc(Cl)c2cccnc12)C(=O)O. The van der Waals surface area contributed by atoms with E-state index >= 15 is 0 Å². The Kier molecular flexibility index (Phi) is 6.19. The summed E-state index contributed by atoms with van der Waals surface area (Å²) in [7, 11) is 0. The Labute approximate surface area is 138 Å². The first-order valence-electron chi connectivity index (χ1n) is 7.04. The van der Waals surface area contributed by atoms with Gasteiger partial charge >= 0.3 is 5.97 Å². The minimum Gasteiger partial charge on any atom is -0.479 e. The number of rotatable bonds is 8. The molecule has 2 N–H and O–H groups in total. The number of allylic oxidation sites excluding steroid dienone is 1. The summed E-state index contributed by atoms with van der Waals surface area (Å²) < 4.78 is 5.60. The van der Waals surface area contributed by atoms with Crippen molar-refractivity contribution < 1.29 is 19.5 Å². The Morgan fingerprint density at radius 1 is 1.48 bits per heavy atom. The molecule has 0 saturated heterocycles. The molecule has 2 aromatic rings. The fourth-order valence-corrected chi connectivity index (χ4v) is 2.15. The topological polar surface area (TPSA) is 80.7 Å². The van der Waals surface area contributed by atoms with Crippen LogP contribution < -0.4 is 10.2 Å². The lowest BCUT2D eigenvalue weighted by Gasteiger charge is -2.16. The molecule has 2 rings (SSSR count). The van der Waals surface area contributed by atoms with Crippen LogP contribution in [0.25, 0.3) is 10.9 Å². The van der Waals surface area contributed by atoms with Crippen LogP contribution in [0.3, 0.4) is 0 Å². The Balaban J connectivity index is 2.11. The number of hydrogen-bond acceptors (Lipinski definition) is 5. The van der Waals surface area contributed by atoms with Gasteiger partial charge in [0, 0.05) is 24.2 Å². The quantitative estimate of drug-likeness (QED) is 0.569. The molecule has 0 amide bonds. The molecule has 1 aromatic heterocycles. The van der Waals surface area contributed by atoms with E-state index in [1.807, 2.05) is 6.92 Å². The lowest BCUT2D eigenvalue weighted by Crippen LogP contribution is -2.29. The third-order valence-corrected chi connectivity index (χ3v) is 3.35. The fraction of sp³-hybridized carbons (Fsp3) is 0.250. The van der Waals surface area contributed by atoms with Gasteiger partial charge in [0.25, 0.3) is 0 Å². The molecule has 0 aliphatic carbocycles. The smallest absolute Gasteiger partial charge is 0.344 e. The second-order valence-corrected chi connectivity index (χ2v) is 5.05. The maximum absolute atomic E-state index is 11.4. The van der Waals surface area contributed by atoms with E-state index < -0.39 is 12.1 Å². The van der Waals surface area contributed by atoms with Crippen molar-refractivity contribution in [3.8, 4) is 5.75 Å². The van der Waals surface area contributed by atoms with Crippen LogP contribution in [-0.2, 0) is 9.63 Å². The number of pyridine rings is 1. The Morgan fingerprint density at radius 2 is 2.30 bits per heavy atom. The molecule has 0 aliphatic heterocycles. The Morgan fingerprint density at radius 3 is 3.04 bits per heavy atom. The number of carboxylic acid groups (broad SMARTS) is 1. The molecule has 1 heterocycles. The molecular weight excluding hydrogens is 320 g/mol. The zero-order valence-corrected chi connectivity index (χ0v) is 13.3. The molecule has 0 saturated carbocycles. The number of carbonyl (C=O) groups is 1. The lowest BCUT2D eigenvalue weighted by molar-refractivity contribution is -0.146. The third kappa shape index (κ3) is 4.58. The second kappa shape index (κ2) is 8.36. The number of ether oxygens (including phenoxy) is 1. The number of hydroxylamine groups is 1. The highest BCUT2D eigenvalue weighted by atomic mass is 35.5. The van der Waals surface area contributed by atoms with Crippen LogP contribution in [0.5, 0.6) is 5.75 Å². The van der Waals surface area contributed by atoms with Crippen LogP contribution >= 0.6 is 11.6 Å². The summed E-state index contributed by atoms with van der Waals surface area (Å²) in [5, 5.41) is 10.5. The fourth-order valence-electron chi connectivity index (χ4n) is 1.93. The molecule has 7 heteroatoms. The van der Waals surface area contributed by atoms with Crippen LogP contribution in [0.1, 0.15) is 13.3 Å². The standard InChI is InChI=1S/C16H17ClN2O4/c1-2-8-19-22-10-7-14(16(20)21)23-13-6-5-12(17)11-4-3-9-18-15(11)13/h2-6,8-9,14,19H,7,10H2,1H3,(H,20,21). The van der Waals surface area contributed by atoms with Gasteiger partial charge in [0.15, 0.2) is 6.10 Å². The zero-order valence-electron chi connectivity index (χ0n) is 12.5. The largest absolute Gasteiger partial charge is 0.479 e. The molecule has 0 radical (unpaired) electrons. The van der Waals surface area contributed by atoms with Gasteiger partial charge in [-0.25, -0.2) is 4.79 Å². The molecule has 6 nitrogen and oxygen atoms in total. The second-order valence-electron chi connectivity index (χ2n) is 4.64. The molecular formula is C16H17ClN2O4. The number of aliphatic carboxylic acids is 1. The minimum atomic E-state index is -1.07. The predicted octanol–water partition coefficient (Wildman–Crippen LogP) is 3.17. The predicted molar refractivity (Wildman–Crippen MR) is 87.3 cm³/mol. The number of nitrogens with zero attached hydrogens (tertiary/aromatic N) is 1. The highest BCUT2D eigenvalue weighted by molar-refractivity contribution is 6.35. The van der Waals surface area contributed by atoms with Gasteiger partial charge in [-0.15, -0.1) is 0 Å². The average Bonchev–Trinajstić information content (AvgIpc) is 2.55. The van der Waals surface area contributed by atoms with Crippen molar-refractivity contribution in [2.24, 2.45) is 0 Å². The maximum Gasteiger partial charge on any atom is 0.344 e. The van der Waals surface area contributed by atoms with E-state index in [4.69, 9.17) is 21.2 Å². The Hall–Kier alpha value is -2.31. The summed E-state index contributed by atoms with van der Waals surface area (Å²) in [5.41, 5.74) is 3.10. The van der Waals surface area contributed by atoms with Gasteiger partial charge in [-0.1, -0.05) is 17.7 Å². The minimum absolute atomic E-state index is 0.177. The van der Waals surface area contributed by atoms with Crippen LogP contribution in [0.2, 0.25) is 5.02 Å². The summed E-state index contributed by atoms with van der Waals surface area (Å²) in [6.07, 6.45) is 4.10. The number of benzene rings is 1. The Bertz CT molecular complexity index is 706. The molecule has 1 atom stereocenters. The lowest BCUT2D eigenvalue weighted by atomic mass is 10.2. The number of aromatic nitrogens is 1. The number of halogens is 1. The van der Waals surface area contributed by atoms with Gasteiger partial charge in [-0.3, -0.25) is 15.3 Å². The number of nitrogens with one attached hydrogen (secondary N) is 1. The molecule has 0 spiro atoms. The molecule has 1 unspecified atom stereocenters. The summed E-state index contributed by atoms with van der Waals surface area (Å²) in [6, 6.07) is 6.83. The maximum atomic E-state index is 11.4. The van der Waals surface area contributed by atoms with Gasteiger partial charge < -0.3 is 9.84 Å². The van der Waals surface area contributed by atoms with E-state index in [0.717, 1.165) is 0 Å². The van der Waals surface area contributed by atoms with Crippen molar-refractivity contribution in [1.82, 2.24) is 10.5 Å². The van der Waals surface area contributed by atoms with Gasteiger partial charge in [-0.2, -0.15) is 0 Å². The molecule has 0 bridgehead atoms. The first-order valence-corrected chi connectivity index (χ1v) is 7.42. The molecule has 1 aromatic carbocycles. The summed E-state index contributed by atoms with van der Waals surface area (Å²) >= 11 is 6.11. The first-order chi connectivity index (χ1) is 11.1. The summed E-state index contributed by atoms with van der Waals surface area (Å²) in [5.74, 6) is -0.697. The molecule has 0 fully saturated rings. The number of hydrogen-bond donors (Lipinski definition) is 2. The summed E-state index contributed by atoms with van der Waals surface area (Å²) in [6.45, 7) is 2.01. The van der Waals surface area contributed by atoms with Crippen molar-refractivity contribution in [2.45, 2.75) is 19.4 Å². The van der Waals surface area contributed by atoms with E-state index in [1.54, 1.807) is 42.7 Å². The normalized spacial score (nSPS) is 12.4. The van der Waals surface area contributed by atoms with Crippen molar-refractivity contribution >= 4 is 28.5 Å². The van der Waals surface area contributed by atoms with E-state index in [0.29, 0.717) is 21.7 Å². The van der Waals surface area contributed by atoms with Crippen LogP contribution in [-0.4, -0.2) is 28.8 Å². The third-order valence-electron chi connectivity index (χ3n) is 3.02. The highest BCUT2D eigenvalue weighted by Crippen LogP contribution is 2.30. The first kappa shape index (κ1) is 17.1. The monoisotopic (exact) mass is 336 g/mol. The van der Waals surface area contributed by atoms with Gasteiger partial charge in [0.05, 0.1) is 11.6 Å². The number of fused-ring (bicyclic) bond motifs is 1. The van der Waals surface area contributed by atoms with Crippen molar-refractivity contribution in [3.05, 3.63) is 47.8 Å². The van der Waals surface area contributed by atoms with Crippen molar-refractivity contribution in [3.63, 3.8) is 0 Å². The van der Waals surface area contributed by atoms with E-state index in [-0.39, 0.29) is 13.0 Å².